The van der Waals surface area contributed by atoms with Gasteiger partial charge in [-0.1, -0.05) is 0 Å². The molecule has 0 bridgehead atoms. The van der Waals surface area contributed by atoms with Gasteiger partial charge >= 0.3 is 0 Å². The Morgan fingerprint density at radius 3 is 2.59 bits per heavy atom. The van der Waals surface area contributed by atoms with Crippen molar-refractivity contribution in [2.24, 2.45) is 7.05 Å². The molecule has 0 amide bonds. The SMILES string of the molecule is Cc1cc(N2CCN(S(=O)(=O)c3cnn(C)c3)CC2)cc(C2CCCN2)n1. The van der Waals surface area contributed by atoms with E-state index in [0.717, 1.165) is 30.0 Å². The predicted molar refractivity (Wildman–Crippen MR) is 103 cm³/mol. The lowest BCUT2D eigenvalue weighted by molar-refractivity contribution is 0.384. The molecular weight excluding hydrogens is 364 g/mol. The summed E-state index contributed by atoms with van der Waals surface area (Å²) in [5.74, 6) is 0. The summed E-state index contributed by atoms with van der Waals surface area (Å²) in [6.07, 6.45) is 5.26. The Kier molecular flexibility index (Phi) is 4.92. The van der Waals surface area contributed by atoms with Crippen LogP contribution in [-0.2, 0) is 17.1 Å². The van der Waals surface area contributed by atoms with Gasteiger partial charge < -0.3 is 10.2 Å². The lowest BCUT2D eigenvalue weighted by atomic mass is 10.1. The minimum atomic E-state index is -3.48. The molecule has 0 aliphatic carbocycles. The summed E-state index contributed by atoms with van der Waals surface area (Å²) < 4.78 is 28.6. The Morgan fingerprint density at radius 2 is 1.96 bits per heavy atom. The highest BCUT2D eigenvalue weighted by atomic mass is 32.2. The molecule has 2 aliphatic rings. The smallest absolute Gasteiger partial charge is 0.246 e. The Bertz CT molecular complexity index is 912. The van der Waals surface area contributed by atoms with Crippen molar-refractivity contribution in [2.45, 2.75) is 30.7 Å². The number of rotatable bonds is 4. The molecule has 8 nitrogen and oxygen atoms in total. The predicted octanol–water partition coefficient (Wildman–Crippen LogP) is 1.06. The topological polar surface area (TPSA) is 83.4 Å². The molecule has 9 heteroatoms. The van der Waals surface area contributed by atoms with Crippen LogP contribution in [0.25, 0.3) is 0 Å². The van der Waals surface area contributed by atoms with Gasteiger partial charge in [0.05, 0.1) is 11.9 Å². The van der Waals surface area contributed by atoms with Crippen LogP contribution in [0.4, 0.5) is 5.69 Å². The molecule has 1 N–H and O–H groups in total. The van der Waals surface area contributed by atoms with Gasteiger partial charge in [0.25, 0.3) is 0 Å². The molecule has 4 rings (SSSR count). The summed E-state index contributed by atoms with van der Waals surface area (Å²) in [4.78, 5) is 7.21. The van der Waals surface area contributed by atoms with Crippen LogP contribution in [0.2, 0.25) is 0 Å². The number of sulfonamides is 1. The molecule has 0 spiro atoms. The summed E-state index contributed by atoms with van der Waals surface area (Å²) in [6, 6.07) is 4.57. The second kappa shape index (κ2) is 7.21. The maximum absolute atomic E-state index is 12.8. The average molecular weight is 391 g/mol. The summed E-state index contributed by atoms with van der Waals surface area (Å²) in [7, 11) is -1.75. The van der Waals surface area contributed by atoms with E-state index in [1.165, 1.54) is 17.3 Å². The van der Waals surface area contributed by atoms with Gasteiger partial charge in [0.1, 0.15) is 4.90 Å². The number of pyridine rings is 1. The fraction of sp³-hybridized carbons (Fsp3) is 0.556. The Labute approximate surface area is 160 Å². The van der Waals surface area contributed by atoms with Gasteiger partial charge in [0, 0.05) is 56.8 Å². The van der Waals surface area contributed by atoms with Crippen molar-refractivity contribution in [1.29, 1.82) is 0 Å². The van der Waals surface area contributed by atoms with Gasteiger partial charge in [0.15, 0.2) is 0 Å². The highest BCUT2D eigenvalue weighted by Crippen LogP contribution is 2.27. The summed E-state index contributed by atoms with van der Waals surface area (Å²) >= 11 is 0. The van der Waals surface area contributed by atoms with Crippen molar-refractivity contribution >= 4 is 15.7 Å². The molecule has 2 aromatic heterocycles. The molecule has 0 radical (unpaired) electrons. The highest BCUT2D eigenvalue weighted by molar-refractivity contribution is 7.89. The molecule has 4 heterocycles. The molecule has 2 aliphatic heterocycles. The molecule has 2 fully saturated rings. The molecule has 0 aromatic carbocycles. The summed E-state index contributed by atoms with van der Waals surface area (Å²) in [5, 5.41) is 7.49. The van der Waals surface area contributed by atoms with E-state index >= 15 is 0 Å². The number of nitrogens with zero attached hydrogens (tertiary/aromatic N) is 5. The van der Waals surface area contributed by atoms with Gasteiger partial charge in [-0.25, -0.2) is 8.42 Å². The van der Waals surface area contributed by atoms with Crippen LogP contribution in [-0.4, -0.2) is 60.2 Å². The zero-order valence-corrected chi connectivity index (χ0v) is 16.6. The van der Waals surface area contributed by atoms with Gasteiger partial charge in [-0.2, -0.15) is 9.40 Å². The lowest BCUT2D eigenvalue weighted by Gasteiger charge is -2.35. The Hall–Kier alpha value is -1.97. The fourth-order valence-corrected chi connectivity index (χ4v) is 5.25. The van der Waals surface area contributed by atoms with E-state index in [1.807, 2.05) is 6.92 Å². The van der Waals surface area contributed by atoms with Gasteiger partial charge in [-0.3, -0.25) is 9.67 Å². The third kappa shape index (κ3) is 3.71. The maximum atomic E-state index is 12.8. The zero-order valence-electron chi connectivity index (χ0n) is 15.8. The minimum Gasteiger partial charge on any atom is -0.369 e. The Morgan fingerprint density at radius 1 is 1.19 bits per heavy atom. The van der Waals surface area contributed by atoms with Crippen LogP contribution in [0, 0.1) is 6.92 Å². The average Bonchev–Trinajstić information content (AvgIpc) is 3.33. The van der Waals surface area contributed by atoms with Crippen LogP contribution in [0.5, 0.6) is 0 Å². The van der Waals surface area contributed by atoms with E-state index < -0.39 is 10.0 Å². The monoisotopic (exact) mass is 390 g/mol. The first-order chi connectivity index (χ1) is 12.9. The van der Waals surface area contributed by atoms with Crippen LogP contribution in [0.3, 0.4) is 0 Å². The van der Waals surface area contributed by atoms with Gasteiger partial charge in [-0.05, 0) is 38.4 Å². The van der Waals surface area contributed by atoms with Crippen molar-refractivity contribution in [1.82, 2.24) is 24.4 Å². The number of anilines is 1. The van der Waals surface area contributed by atoms with Crippen molar-refractivity contribution in [3.05, 3.63) is 35.9 Å². The third-order valence-corrected chi connectivity index (χ3v) is 7.15. The first-order valence-corrected chi connectivity index (χ1v) is 10.8. The van der Waals surface area contributed by atoms with Crippen molar-refractivity contribution in [3.63, 3.8) is 0 Å². The normalized spacial score (nSPS) is 21.7. The van der Waals surface area contributed by atoms with E-state index in [4.69, 9.17) is 4.98 Å². The number of aryl methyl sites for hydroxylation is 2. The van der Waals surface area contributed by atoms with Crippen molar-refractivity contribution < 1.29 is 8.42 Å². The van der Waals surface area contributed by atoms with E-state index in [2.05, 4.69) is 27.4 Å². The van der Waals surface area contributed by atoms with Crippen molar-refractivity contribution in [2.75, 3.05) is 37.6 Å². The standard InChI is InChI=1S/C18H26N6O2S/c1-14-10-15(11-18(21-14)17-4-3-5-19-17)23-6-8-24(9-7-23)27(25,26)16-12-20-22(2)13-16/h10-13,17,19H,3-9H2,1-2H3. The number of nitrogens with one attached hydrogen (secondary N) is 1. The maximum Gasteiger partial charge on any atom is 0.246 e. The van der Waals surface area contributed by atoms with Crippen molar-refractivity contribution in [3.8, 4) is 0 Å². The molecule has 2 saturated heterocycles. The molecule has 2 aromatic rings. The molecule has 146 valence electrons. The fourth-order valence-electron chi connectivity index (χ4n) is 3.84. The first-order valence-electron chi connectivity index (χ1n) is 9.39. The van der Waals surface area contributed by atoms with E-state index in [-0.39, 0.29) is 4.90 Å². The third-order valence-electron chi connectivity index (χ3n) is 5.30. The number of hydrogen-bond acceptors (Lipinski definition) is 6. The van der Waals surface area contributed by atoms with Crippen LogP contribution in [0.15, 0.2) is 29.4 Å². The summed E-state index contributed by atoms with van der Waals surface area (Å²) in [5.41, 5.74) is 3.22. The molecule has 0 saturated carbocycles. The molecule has 1 unspecified atom stereocenters. The molecular formula is C18H26N6O2S. The summed E-state index contributed by atoms with van der Waals surface area (Å²) in [6.45, 7) is 5.33. The number of hydrogen-bond donors (Lipinski definition) is 1. The van der Waals surface area contributed by atoms with Crippen LogP contribution < -0.4 is 10.2 Å². The van der Waals surface area contributed by atoms with E-state index in [9.17, 15) is 8.42 Å². The zero-order chi connectivity index (χ0) is 19.0. The van der Waals surface area contributed by atoms with Gasteiger partial charge in [-0.15, -0.1) is 0 Å². The largest absolute Gasteiger partial charge is 0.369 e. The minimum absolute atomic E-state index is 0.257. The van der Waals surface area contributed by atoms with E-state index in [0.29, 0.717) is 32.2 Å². The molecule has 27 heavy (non-hydrogen) atoms. The number of aromatic nitrogens is 3. The van der Waals surface area contributed by atoms with Crippen LogP contribution >= 0.6 is 0 Å². The van der Waals surface area contributed by atoms with Gasteiger partial charge in [0.2, 0.25) is 10.0 Å². The van der Waals surface area contributed by atoms with Crippen LogP contribution in [0.1, 0.15) is 30.3 Å². The molecule has 1 atom stereocenters. The van der Waals surface area contributed by atoms with E-state index in [1.54, 1.807) is 17.5 Å². The highest BCUT2D eigenvalue weighted by Gasteiger charge is 2.30. The first kappa shape index (κ1) is 18.4. The Balaban J connectivity index is 1.48. The second-order valence-corrected chi connectivity index (χ2v) is 9.22. The lowest BCUT2D eigenvalue weighted by Crippen LogP contribution is -2.48. The second-order valence-electron chi connectivity index (χ2n) is 7.28. The number of piperazine rings is 1. The quantitative estimate of drug-likeness (QED) is 0.841.